The Bertz CT molecular complexity index is 731. The zero-order chi connectivity index (χ0) is 13.4. The fraction of sp³-hybridized carbons (Fsp3) is 0.167. The zero-order valence-electron chi connectivity index (χ0n) is 11.2. The number of nitrogens with one attached hydrogen (secondary N) is 1. The van der Waals surface area contributed by atoms with Crippen LogP contribution in [0, 0.1) is 0 Å². The van der Waals surface area contributed by atoms with Crippen LogP contribution in [0.25, 0.3) is 10.8 Å². The standard InChI is InChI=1S/C18H16N2/c1-2-6-13(7-3-1)16-12-17(16)20-18-15-9-5-4-8-14(15)10-11-19-18/h1-11,16-17H,12H2,(H,19,20). The minimum Gasteiger partial charge on any atom is -0.366 e. The smallest absolute Gasteiger partial charge is 0.134 e. The molecule has 2 unspecified atom stereocenters. The van der Waals surface area contributed by atoms with Gasteiger partial charge in [0.05, 0.1) is 0 Å². The van der Waals surface area contributed by atoms with Gasteiger partial charge in [0.15, 0.2) is 0 Å². The predicted octanol–water partition coefficient (Wildman–Crippen LogP) is 4.20. The Morgan fingerprint density at radius 1 is 0.900 bits per heavy atom. The number of nitrogens with zero attached hydrogens (tertiary/aromatic N) is 1. The molecule has 0 aliphatic heterocycles. The molecule has 4 rings (SSSR count). The Morgan fingerprint density at radius 2 is 1.70 bits per heavy atom. The van der Waals surface area contributed by atoms with Gasteiger partial charge in [0, 0.05) is 23.5 Å². The van der Waals surface area contributed by atoms with Gasteiger partial charge in [0.2, 0.25) is 0 Å². The molecule has 2 heteroatoms. The van der Waals surface area contributed by atoms with Crippen LogP contribution in [-0.4, -0.2) is 11.0 Å². The van der Waals surface area contributed by atoms with Crippen molar-refractivity contribution in [3.63, 3.8) is 0 Å². The Morgan fingerprint density at radius 3 is 2.60 bits per heavy atom. The van der Waals surface area contributed by atoms with E-state index in [0.717, 1.165) is 5.82 Å². The van der Waals surface area contributed by atoms with Gasteiger partial charge in [0.25, 0.3) is 0 Å². The van der Waals surface area contributed by atoms with E-state index in [-0.39, 0.29) is 0 Å². The number of hydrogen-bond acceptors (Lipinski definition) is 2. The number of aromatic nitrogens is 1. The summed E-state index contributed by atoms with van der Waals surface area (Å²) in [7, 11) is 0. The molecule has 1 saturated carbocycles. The molecule has 98 valence electrons. The second-order valence-electron chi connectivity index (χ2n) is 5.38. The number of anilines is 1. The first-order chi connectivity index (χ1) is 9.92. The summed E-state index contributed by atoms with van der Waals surface area (Å²) in [6.07, 6.45) is 3.07. The average Bonchev–Trinajstić information content (AvgIpc) is 3.28. The zero-order valence-corrected chi connectivity index (χ0v) is 11.2. The van der Waals surface area contributed by atoms with E-state index >= 15 is 0 Å². The molecule has 0 saturated heterocycles. The average molecular weight is 260 g/mol. The molecular formula is C18H16N2. The molecule has 1 heterocycles. The van der Waals surface area contributed by atoms with E-state index in [1.54, 1.807) is 0 Å². The van der Waals surface area contributed by atoms with Gasteiger partial charge in [-0.1, -0.05) is 54.6 Å². The lowest BCUT2D eigenvalue weighted by atomic mass is 10.1. The van der Waals surface area contributed by atoms with Crippen LogP contribution in [0.2, 0.25) is 0 Å². The van der Waals surface area contributed by atoms with Crippen molar-refractivity contribution in [1.29, 1.82) is 0 Å². The molecule has 20 heavy (non-hydrogen) atoms. The van der Waals surface area contributed by atoms with Gasteiger partial charge in [-0.05, 0) is 23.4 Å². The summed E-state index contributed by atoms with van der Waals surface area (Å²) < 4.78 is 0. The molecule has 1 aromatic heterocycles. The molecular weight excluding hydrogens is 244 g/mol. The summed E-state index contributed by atoms with van der Waals surface area (Å²) >= 11 is 0. The molecule has 0 amide bonds. The molecule has 1 aliphatic carbocycles. The summed E-state index contributed by atoms with van der Waals surface area (Å²) in [5.41, 5.74) is 1.42. The second-order valence-corrected chi connectivity index (χ2v) is 5.38. The van der Waals surface area contributed by atoms with Crippen LogP contribution >= 0.6 is 0 Å². The first-order valence-electron chi connectivity index (χ1n) is 7.07. The molecule has 2 atom stereocenters. The lowest BCUT2D eigenvalue weighted by Crippen LogP contribution is -2.06. The minimum absolute atomic E-state index is 0.510. The molecule has 1 N–H and O–H groups in total. The van der Waals surface area contributed by atoms with E-state index in [0.29, 0.717) is 12.0 Å². The van der Waals surface area contributed by atoms with Gasteiger partial charge in [-0.25, -0.2) is 4.98 Å². The molecule has 3 aromatic rings. The fourth-order valence-electron chi connectivity index (χ4n) is 2.83. The molecule has 1 aliphatic rings. The summed E-state index contributed by atoms with van der Waals surface area (Å²) in [6, 6.07) is 21.7. The molecule has 0 radical (unpaired) electrons. The maximum atomic E-state index is 4.50. The van der Waals surface area contributed by atoms with Gasteiger partial charge in [0.1, 0.15) is 5.82 Å². The van der Waals surface area contributed by atoms with E-state index in [9.17, 15) is 0 Å². The highest BCUT2D eigenvalue weighted by Crippen LogP contribution is 2.43. The topological polar surface area (TPSA) is 24.9 Å². The van der Waals surface area contributed by atoms with E-state index in [2.05, 4.69) is 71.0 Å². The van der Waals surface area contributed by atoms with Gasteiger partial charge < -0.3 is 5.32 Å². The lowest BCUT2D eigenvalue weighted by molar-refractivity contribution is 1.03. The third-order valence-electron chi connectivity index (χ3n) is 4.01. The number of hydrogen-bond donors (Lipinski definition) is 1. The maximum Gasteiger partial charge on any atom is 0.134 e. The van der Waals surface area contributed by atoms with Crippen molar-refractivity contribution in [3.8, 4) is 0 Å². The summed E-state index contributed by atoms with van der Waals surface area (Å²) in [5.74, 6) is 1.63. The quantitative estimate of drug-likeness (QED) is 0.763. The van der Waals surface area contributed by atoms with Crippen molar-refractivity contribution in [1.82, 2.24) is 4.98 Å². The number of pyridine rings is 1. The molecule has 2 nitrogen and oxygen atoms in total. The highest BCUT2D eigenvalue weighted by atomic mass is 15.0. The molecule has 0 bridgehead atoms. The van der Waals surface area contributed by atoms with Crippen LogP contribution in [0.5, 0.6) is 0 Å². The largest absolute Gasteiger partial charge is 0.366 e. The maximum absolute atomic E-state index is 4.50. The normalized spacial score (nSPS) is 20.8. The minimum atomic E-state index is 0.510. The number of rotatable bonds is 3. The van der Waals surface area contributed by atoms with Gasteiger partial charge >= 0.3 is 0 Å². The van der Waals surface area contributed by atoms with E-state index in [1.165, 1.54) is 22.8 Å². The van der Waals surface area contributed by atoms with Gasteiger partial charge in [-0.15, -0.1) is 0 Å². The van der Waals surface area contributed by atoms with Crippen LogP contribution in [-0.2, 0) is 0 Å². The van der Waals surface area contributed by atoms with Crippen molar-refractivity contribution < 1.29 is 0 Å². The second kappa shape index (κ2) is 4.64. The summed E-state index contributed by atoms with van der Waals surface area (Å²) in [4.78, 5) is 4.50. The van der Waals surface area contributed by atoms with Crippen molar-refractivity contribution in [2.75, 3.05) is 5.32 Å². The Kier molecular flexibility index (Phi) is 2.66. The highest BCUT2D eigenvalue weighted by Gasteiger charge is 2.38. The van der Waals surface area contributed by atoms with Gasteiger partial charge in [-0.2, -0.15) is 0 Å². The predicted molar refractivity (Wildman–Crippen MR) is 83.0 cm³/mol. The SMILES string of the molecule is c1ccc(C2CC2Nc2nccc3ccccc23)cc1. The van der Waals surface area contributed by atoms with E-state index in [1.807, 2.05) is 6.20 Å². The number of fused-ring (bicyclic) bond motifs is 1. The number of benzene rings is 2. The van der Waals surface area contributed by atoms with Crippen LogP contribution < -0.4 is 5.32 Å². The van der Waals surface area contributed by atoms with Crippen LogP contribution in [0.15, 0.2) is 66.9 Å². The third kappa shape index (κ3) is 2.03. The molecule has 1 fully saturated rings. The van der Waals surface area contributed by atoms with Crippen molar-refractivity contribution in [3.05, 3.63) is 72.4 Å². The monoisotopic (exact) mass is 260 g/mol. The van der Waals surface area contributed by atoms with Crippen molar-refractivity contribution >= 4 is 16.6 Å². The Hall–Kier alpha value is -2.35. The molecule has 2 aromatic carbocycles. The third-order valence-corrected chi connectivity index (χ3v) is 4.01. The first-order valence-corrected chi connectivity index (χ1v) is 7.07. The van der Waals surface area contributed by atoms with Crippen molar-refractivity contribution in [2.24, 2.45) is 0 Å². The van der Waals surface area contributed by atoms with Crippen molar-refractivity contribution in [2.45, 2.75) is 18.4 Å². The van der Waals surface area contributed by atoms with Crippen LogP contribution in [0.4, 0.5) is 5.82 Å². The van der Waals surface area contributed by atoms with E-state index in [4.69, 9.17) is 0 Å². The Labute approximate surface area is 118 Å². The highest BCUT2D eigenvalue weighted by molar-refractivity contribution is 5.91. The fourth-order valence-corrected chi connectivity index (χ4v) is 2.83. The Balaban J connectivity index is 1.58. The van der Waals surface area contributed by atoms with E-state index < -0.39 is 0 Å². The summed E-state index contributed by atoms with van der Waals surface area (Å²) in [5, 5.41) is 6.04. The van der Waals surface area contributed by atoms with Gasteiger partial charge in [-0.3, -0.25) is 0 Å². The lowest BCUT2D eigenvalue weighted by Gasteiger charge is -2.08. The van der Waals surface area contributed by atoms with Crippen LogP contribution in [0.1, 0.15) is 17.9 Å². The first kappa shape index (κ1) is 11.5. The van der Waals surface area contributed by atoms with Crippen LogP contribution in [0.3, 0.4) is 0 Å². The molecule has 0 spiro atoms. The summed E-state index contributed by atoms with van der Waals surface area (Å²) in [6.45, 7) is 0.